The summed E-state index contributed by atoms with van der Waals surface area (Å²) in [5.74, 6) is 0.474. The van der Waals surface area contributed by atoms with Gasteiger partial charge in [0.15, 0.2) is 11.5 Å². The molecule has 8 nitrogen and oxygen atoms in total. The minimum Gasteiger partial charge on any atom is -0.490 e. The van der Waals surface area contributed by atoms with Crippen LogP contribution in [0.4, 0.5) is 11.4 Å². The molecule has 1 aliphatic heterocycles. The van der Waals surface area contributed by atoms with Gasteiger partial charge in [-0.25, -0.2) is 0 Å². The Morgan fingerprint density at radius 2 is 1.86 bits per heavy atom. The molecule has 0 bridgehead atoms. The molecule has 3 aromatic rings. The molecule has 0 saturated carbocycles. The number of halogens is 1. The number of carbonyl (C=O) groups excluding carboxylic acids is 1. The van der Waals surface area contributed by atoms with Gasteiger partial charge in [0.1, 0.15) is 6.61 Å². The van der Waals surface area contributed by atoms with Gasteiger partial charge in [-0.2, -0.15) is 10.1 Å². The van der Waals surface area contributed by atoms with Gasteiger partial charge >= 0.3 is 0 Å². The number of para-hydroxylation sites is 1. The van der Waals surface area contributed by atoms with Crippen LogP contribution >= 0.6 is 11.6 Å². The topological polar surface area (TPSA) is 94.3 Å². The molecule has 0 radical (unpaired) electrons. The van der Waals surface area contributed by atoms with Crippen LogP contribution in [0.3, 0.4) is 0 Å². The van der Waals surface area contributed by atoms with E-state index in [0.29, 0.717) is 46.2 Å². The van der Waals surface area contributed by atoms with Gasteiger partial charge in [-0.3, -0.25) is 14.9 Å². The van der Waals surface area contributed by atoms with Crippen LogP contribution in [0, 0.1) is 10.1 Å². The van der Waals surface area contributed by atoms with E-state index in [1.807, 2.05) is 37.3 Å². The second-order valence-corrected chi connectivity index (χ2v) is 8.08. The summed E-state index contributed by atoms with van der Waals surface area (Å²) in [7, 11) is 0. The Kier molecular flexibility index (Phi) is 7.12. The smallest absolute Gasteiger partial charge is 0.280 e. The van der Waals surface area contributed by atoms with E-state index < -0.39 is 4.92 Å². The van der Waals surface area contributed by atoms with Crippen molar-refractivity contribution in [3.63, 3.8) is 0 Å². The van der Waals surface area contributed by atoms with Gasteiger partial charge in [0.2, 0.25) is 0 Å². The first kappa shape index (κ1) is 24.0. The lowest BCUT2D eigenvalue weighted by Gasteiger charge is -2.15. The molecule has 0 N–H and O–H groups in total. The lowest BCUT2D eigenvalue weighted by atomic mass is 10.1. The molecule has 9 heteroatoms. The number of non-ortho nitro benzene ring substituents is 1. The van der Waals surface area contributed by atoms with E-state index in [4.69, 9.17) is 21.1 Å². The summed E-state index contributed by atoms with van der Waals surface area (Å²) >= 11 is 6.53. The van der Waals surface area contributed by atoms with Crippen molar-refractivity contribution in [3.8, 4) is 11.5 Å². The highest BCUT2D eigenvalue weighted by molar-refractivity contribution is 6.33. The molecule has 0 aliphatic carbocycles. The molecule has 0 unspecified atom stereocenters. The summed E-state index contributed by atoms with van der Waals surface area (Å²) in [6.07, 6.45) is 1.71. The van der Waals surface area contributed by atoms with E-state index in [9.17, 15) is 14.9 Å². The molecule has 0 spiro atoms. The average Bonchev–Trinajstić information content (AvgIpc) is 3.13. The number of amides is 1. The number of ether oxygens (including phenoxy) is 2. The standard InChI is InChI=1S/C26H22ClN3O5/c1-3-34-24-15-19(13-22-17(2)28-29(26(22)31)20-9-5-4-6-10-20)14-23(27)25(24)35-16-18-8-7-11-21(12-18)30(32)33/h4-15H,3,16H2,1-2H3/b22-13+. The molecule has 178 valence electrons. The SMILES string of the molecule is CCOc1cc(/C=C2/C(=O)N(c3ccccc3)N=C2C)cc(Cl)c1OCc1cccc([N+](=O)[O-])c1. The second-order valence-electron chi connectivity index (χ2n) is 7.67. The van der Waals surface area contributed by atoms with Gasteiger partial charge in [-0.1, -0.05) is 41.9 Å². The van der Waals surface area contributed by atoms with E-state index in [2.05, 4.69) is 5.10 Å². The maximum absolute atomic E-state index is 13.0. The predicted molar refractivity (Wildman–Crippen MR) is 135 cm³/mol. The zero-order valence-corrected chi connectivity index (χ0v) is 19.9. The number of anilines is 1. The van der Waals surface area contributed by atoms with Crippen molar-refractivity contribution < 1.29 is 19.2 Å². The summed E-state index contributed by atoms with van der Waals surface area (Å²) in [5.41, 5.74) is 2.95. The third-order valence-electron chi connectivity index (χ3n) is 5.21. The first-order chi connectivity index (χ1) is 16.9. The number of carbonyl (C=O) groups is 1. The van der Waals surface area contributed by atoms with Crippen molar-refractivity contribution >= 4 is 40.7 Å². The second kappa shape index (κ2) is 10.4. The molecule has 35 heavy (non-hydrogen) atoms. The monoisotopic (exact) mass is 491 g/mol. The molecule has 1 amide bonds. The normalized spacial score (nSPS) is 14.3. The molecule has 1 heterocycles. The number of hydrazone groups is 1. The van der Waals surface area contributed by atoms with Crippen LogP contribution in [0.25, 0.3) is 6.08 Å². The van der Waals surface area contributed by atoms with E-state index in [-0.39, 0.29) is 23.2 Å². The predicted octanol–water partition coefficient (Wildman–Crippen LogP) is 6.03. The lowest BCUT2D eigenvalue weighted by molar-refractivity contribution is -0.384. The largest absolute Gasteiger partial charge is 0.490 e. The summed E-state index contributed by atoms with van der Waals surface area (Å²) in [6, 6.07) is 18.8. The molecule has 3 aromatic carbocycles. The van der Waals surface area contributed by atoms with Gasteiger partial charge in [0.25, 0.3) is 11.6 Å². The van der Waals surface area contributed by atoms with Gasteiger partial charge in [0.05, 0.1) is 33.5 Å². The fraction of sp³-hybridized carbons (Fsp3) is 0.154. The van der Waals surface area contributed by atoms with Crippen LogP contribution in [0.15, 0.2) is 77.4 Å². The van der Waals surface area contributed by atoms with Crippen molar-refractivity contribution in [1.29, 1.82) is 0 Å². The van der Waals surface area contributed by atoms with Crippen molar-refractivity contribution in [2.45, 2.75) is 20.5 Å². The molecule has 0 atom stereocenters. The Balaban J connectivity index is 1.60. The highest BCUT2D eigenvalue weighted by Gasteiger charge is 2.28. The quantitative estimate of drug-likeness (QED) is 0.218. The van der Waals surface area contributed by atoms with Crippen LogP contribution in [0.5, 0.6) is 11.5 Å². The highest BCUT2D eigenvalue weighted by Crippen LogP contribution is 2.38. The fourth-order valence-corrected chi connectivity index (χ4v) is 3.86. The Bertz CT molecular complexity index is 1340. The van der Waals surface area contributed by atoms with Crippen LogP contribution in [0.1, 0.15) is 25.0 Å². The first-order valence-corrected chi connectivity index (χ1v) is 11.2. The summed E-state index contributed by atoms with van der Waals surface area (Å²) in [6.45, 7) is 4.04. The Hall–Kier alpha value is -4.17. The van der Waals surface area contributed by atoms with Gasteiger partial charge in [-0.15, -0.1) is 0 Å². The molecule has 0 saturated heterocycles. The molecule has 4 rings (SSSR count). The van der Waals surface area contributed by atoms with Gasteiger partial charge in [0, 0.05) is 12.1 Å². The summed E-state index contributed by atoms with van der Waals surface area (Å²) in [4.78, 5) is 23.6. The summed E-state index contributed by atoms with van der Waals surface area (Å²) in [5, 5.41) is 17.1. The van der Waals surface area contributed by atoms with E-state index >= 15 is 0 Å². The van der Waals surface area contributed by atoms with E-state index in [0.717, 1.165) is 0 Å². The first-order valence-electron chi connectivity index (χ1n) is 10.9. The Labute approximate surface area is 207 Å². The van der Waals surface area contributed by atoms with Crippen LogP contribution < -0.4 is 14.5 Å². The lowest BCUT2D eigenvalue weighted by Crippen LogP contribution is -2.21. The Morgan fingerprint density at radius 1 is 1.09 bits per heavy atom. The van der Waals surface area contributed by atoms with Crippen LogP contribution in [-0.4, -0.2) is 23.1 Å². The average molecular weight is 492 g/mol. The highest BCUT2D eigenvalue weighted by atomic mass is 35.5. The zero-order chi connectivity index (χ0) is 24.9. The number of hydrogen-bond acceptors (Lipinski definition) is 6. The summed E-state index contributed by atoms with van der Waals surface area (Å²) < 4.78 is 11.6. The number of rotatable bonds is 8. The molecular formula is C26H22ClN3O5. The number of nitro benzene ring substituents is 1. The van der Waals surface area contributed by atoms with Crippen molar-refractivity contribution in [1.82, 2.24) is 0 Å². The molecule has 1 aliphatic rings. The molecule has 0 fully saturated rings. The van der Waals surface area contributed by atoms with Gasteiger partial charge in [-0.05, 0) is 55.3 Å². The van der Waals surface area contributed by atoms with E-state index in [1.54, 1.807) is 37.3 Å². The van der Waals surface area contributed by atoms with Gasteiger partial charge < -0.3 is 9.47 Å². The zero-order valence-electron chi connectivity index (χ0n) is 19.1. The molecular weight excluding hydrogens is 470 g/mol. The van der Waals surface area contributed by atoms with Crippen LogP contribution in [0.2, 0.25) is 5.02 Å². The maximum atomic E-state index is 13.0. The van der Waals surface area contributed by atoms with Crippen molar-refractivity contribution in [2.24, 2.45) is 5.10 Å². The number of benzene rings is 3. The third-order valence-corrected chi connectivity index (χ3v) is 5.49. The number of nitro groups is 1. The van der Waals surface area contributed by atoms with Crippen molar-refractivity contribution in [2.75, 3.05) is 11.6 Å². The van der Waals surface area contributed by atoms with Crippen LogP contribution in [-0.2, 0) is 11.4 Å². The van der Waals surface area contributed by atoms with Crippen molar-refractivity contribution in [3.05, 3.63) is 98.6 Å². The number of hydrogen-bond donors (Lipinski definition) is 0. The van der Waals surface area contributed by atoms with E-state index in [1.165, 1.54) is 17.1 Å². The number of nitrogens with zero attached hydrogens (tertiary/aromatic N) is 3. The maximum Gasteiger partial charge on any atom is 0.280 e. The molecule has 0 aromatic heterocycles. The fourth-order valence-electron chi connectivity index (χ4n) is 3.58. The minimum absolute atomic E-state index is 0.0213. The third kappa shape index (κ3) is 5.33. The Morgan fingerprint density at radius 3 is 2.57 bits per heavy atom. The minimum atomic E-state index is -0.459.